The Morgan fingerprint density at radius 2 is 2.36 bits per heavy atom. The second-order valence-corrected chi connectivity index (χ2v) is 2.60. The van der Waals surface area contributed by atoms with Crippen molar-refractivity contribution in [3.8, 4) is 0 Å². The number of rotatable bonds is 2. The molecule has 0 amide bonds. The first-order valence-electron chi connectivity index (χ1n) is 3.62. The molecule has 0 saturated carbocycles. The summed E-state index contributed by atoms with van der Waals surface area (Å²) in [5.41, 5.74) is 13.1. The summed E-state index contributed by atoms with van der Waals surface area (Å²) < 4.78 is 0. The van der Waals surface area contributed by atoms with Crippen LogP contribution in [0.5, 0.6) is 0 Å². The first-order chi connectivity index (χ1) is 5.24. The average molecular weight is 151 g/mol. The Bertz CT molecular complexity index is 235. The zero-order valence-electron chi connectivity index (χ0n) is 6.62. The Kier molecular flexibility index (Phi) is 2.57. The number of hydrogen-bond donors (Lipinski definition) is 2. The van der Waals surface area contributed by atoms with Crippen molar-refractivity contribution >= 4 is 0 Å². The van der Waals surface area contributed by atoms with Crippen LogP contribution in [-0.2, 0) is 0 Å². The number of aryl methyl sites for hydroxylation is 1. The minimum absolute atomic E-state index is 0.130. The van der Waals surface area contributed by atoms with Gasteiger partial charge >= 0.3 is 0 Å². The van der Waals surface area contributed by atoms with Crippen LogP contribution >= 0.6 is 0 Å². The summed E-state index contributed by atoms with van der Waals surface area (Å²) in [5, 5.41) is 0. The van der Waals surface area contributed by atoms with Crippen LogP contribution in [0.1, 0.15) is 17.3 Å². The van der Waals surface area contributed by atoms with Gasteiger partial charge in [0.05, 0.1) is 11.7 Å². The van der Waals surface area contributed by atoms with Crippen LogP contribution in [0.2, 0.25) is 0 Å². The molecule has 1 rings (SSSR count). The van der Waals surface area contributed by atoms with Gasteiger partial charge in [0.2, 0.25) is 0 Å². The molecule has 0 saturated heterocycles. The summed E-state index contributed by atoms with van der Waals surface area (Å²) >= 11 is 0. The van der Waals surface area contributed by atoms with Crippen LogP contribution in [0.3, 0.4) is 0 Å². The van der Waals surface area contributed by atoms with Crippen molar-refractivity contribution in [1.29, 1.82) is 0 Å². The van der Waals surface area contributed by atoms with Gasteiger partial charge in [0.25, 0.3) is 0 Å². The summed E-state index contributed by atoms with van der Waals surface area (Å²) in [6.45, 7) is 2.45. The highest BCUT2D eigenvalue weighted by molar-refractivity contribution is 5.16. The van der Waals surface area contributed by atoms with E-state index in [1.54, 1.807) is 6.20 Å². The number of pyridine rings is 1. The normalized spacial score (nSPS) is 13.0. The molecule has 1 aromatic heterocycles. The van der Waals surface area contributed by atoms with Gasteiger partial charge in [-0.15, -0.1) is 0 Å². The lowest BCUT2D eigenvalue weighted by Gasteiger charge is -2.07. The van der Waals surface area contributed by atoms with Gasteiger partial charge in [-0.05, 0) is 24.6 Å². The molecule has 1 aromatic rings. The number of aromatic nitrogens is 1. The van der Waals surface area contributed by atoms with Crippen LogP contribution in [0, 0.1) is 6.92 Å². The van der Waals surface area contributed by atoms with Gasteiger partial charge in [-0.1, -0.05) is 0 Å². The monoisotopic (exact) mass is 151 g/mol. The third-order valence-electron chi connectivity index (χ3n) is 1.57. The van der Waals surface area contributed by atoms with Gasteiger partial charge in [0, 0.05) is 12.7 Å². The summed E-state index contributed by atoms with van der Waals surface area (Å²) in [5.74, 6) is 0. The Labute approximate surface area is 66.4 Å². The Morgan fingerprint density at radius 3 is 2.91 bits per heavy atom. The van der Waals surface area contributed by atoms with Gasteiger partial charge in [-0.25, -0.2) is 0 Å². The highest BCUT2D eigenvalue weighted by Crippen LogP contribution is 2.06. The standard InChI is InChI=1S/C8H13N3/c1-6-2-3-11-8(4-6)7(10)5-9/h2-4,7H,5,9-10H2,1H3. The van der Waals surface area contributed by atoms with Crippen LogP contribution < -0.4 is 11.5 Å². The SMILES string of the molecule is Cc1ccnc(C(N)CN)c1. The molecule has 0 bridgehead atoms. The molecule has 0 spiro atoms. The maximum absolute atomic E-state index is 5.68. The molecule has 11 heavy (non-hydrogen) atoms. The zero-order valence-corrected chi connectivity index (χ0v) is 6.62. The molecule has 1 atom stereocenters. The van der Waals surface area contributed by atoms with Crippen molar-refractivity contribution in [2.45, 2.75) is 13.0 Å². The smallest absolute Gasteiger partial charge is 0.0594 e. The predicted octanol–water partition coefficient (Wildman–Crippen LogP) is 0.349. The molecule has 0 aliphatic carbocycles. The topological polar surface area (TPSA) is 64.9 Å². The van der Waals surface area contributed by atoms with E-state index in [1.165, 1.54) is 5.56 Å². The zero-order chi connectivity index (χ0) is 8.27. The fraction of sp³-hybridized carbons (Fsp3) is 0.375. The minimum atomic E-state index is -0.130. The lowest BCUT2D eigenvalue weighted by Crippen LogP contribution is -2.21. The van der Waals surface area contributed by atoms with Crippen molar-refractivity contribution in [3.05, 3.63) is 29.6 Å². The van der Waals surface area contributed by atoms with Crippen molar-refractivity contribution in [3.63, 3.8) is 0 Å². The van der Waals surface area contributed by atoms with Gasteiger partial charge in [0.15, 0.2) is 0 Å². The second-order valence-electron chi connectivity index (χ2n) is 2.60. The Balaban J connectivity index is 2.86. The van der Waals surface area contributed by atoms with E-state index >= 15 is 0 Å². The third kappa shape index (κ3) is 2.00. The van der Waals surface area contributed by atoms with Gasteiger partial charge < -0.3 is 11.5 Å². The van der Waals surface area contributed by atoms with E-state index in [1.807, 2.05) is 19.1 Å². The van der Waals surface area contributed by atoms with E-state index in [2.05, 4.69) is 4.98 Å². The third-order valence-corrected chi connectivity index (χ3v) is 1.57. The fourth-order valence-electron chi connectivity index (χ4n) is 0.883. The van der Waals surface area contributed by atoms with E-state index in [4.69, 9.17) is 11.5 Å². The predicted molar refractivity (Wildman–Crippen MR) is 45.0 cm³/mol. The molecule has 4 N–H and O–H groups in total. The Hall–Kier alpha value is -0.930. The van der Waals surface area contributed by atoms with Crippen molar-refractivity contribution in [1.82, 2.24) is 4.98 Å². The van der Waals surface area contributed by atoms with Gasteiger partial charge in [-0.3, -0.25) is 4.98 Å². The molecule has 0 fully saturated rings. The van der Waals surface area contributed by atoms with E-state index in [0.717, 1.165) is 5.69 Å². The lowest BCUT2D eigenvalue weighted by molar-refractivity contribution is 0.710. The first-order valence-corrected chi connectivity index (χ1v) is 3.62. The summed E-state index contributed by atoms with van der Waals surface area (Å²) in [6.07, 6.45) is 1.75. The maximum Gasteiger partial charge on any atom is 0.0594 e. The minimum Gasteiger partial charge on any atom is -0.329 e. The van der Waals surface area contributed by atoms with Gasteiger partial charge in [-0.2, -0.15) is 0 Å². The molecule has 0 radical (unpaired) electrons. The summed E-state index contributed by atoms with van der Waals surface area (Å²) in [6, 6.07) is 3.76. The Morgan fingerprint density at radius 1 is 1.64 bits per heavy atom. The maximum atomic E-state index is 5.68. The van der Waals surface area contributed by atoms with E-state index in [-0.39, 0.29) is 6.04 Å². The average Bonchev–Trinajstić information content (AvgIpc) is 2.03. The van der Waals surface area contributed by atoms with Crippen LogP contribution in [-0.4, -0.2) is 11.5 Å². The summed E-state index contributed by atoms with van der Waals surface area (Å²) in [7, 11) is 0. The second kappa shape index (κ2) is 3.46. The molecular formula is C8H13N3. The molecule has 0 aromatic carbocycles. The molecule has 1 heterocycles. The highest BCUT2D eigenvalue weighted by Gasteiger charge is 2.03. The molecule has 1 unspecified atom stereocenters. The van der Waals surface area contributed by atoms with Gasteiger partial charge in [0.1, 0.15) is 0 Å². The molecular weight excluding hydrogens is 138 g/mol. The number of nitrogens with two attached hydrogens (primary N) is 2. The fourth-order valence-corrected chi connectivity index (χ4v) is 0.883. The molecule has 0 aliphatic heterocycles. The van der Waals surface area contributed by atoms with E-state index < -0.39 is 0 Å². The van der Waals surface area contributed by atoms with E-state index in [9.17, 15) is 0 Å². The molecule has 3 heteroatoms. The first kappa shape index (κ1) is 8.17. The number of nitrogens with zero attached hydrogens (tertiary/aromatic N) is 1. The van der Waals surface area contributed by atoms with E-state index in [0.29, 0.717) is 6.54 Å². The summed E-state index contributed by atoms with van der Waals surface area (Å²) in [4.78, 5) is 4.11. The van der Waals surface area contributed by atoms with Crippen LogP contribution in [0.15, 0.2) is 18.3 Å². The highest BCUT2D eigenvalue weighted by atomic mass is 14.8. The molecule has 0 aliphatic rings. The van der Waals surface area contributed by atoms with Crippen molar-refractivity contribution in [2.24, 2.45) is 11.5 Å². The largest absolute Gasteiger partial charge is 0.329 e. The quantitative estimate of drug-likeness (QED) is 0.641. The van der Waals surface area contributed by atoms with Crippen molar-refractivity contribution in [2.75, 3.05) is 6.54 Å². The number of hydrogen-bond acceptors (Lipinski definition) is 3. The van der Waals surface area contributed by atoms with Crippen LogP contribution in [0.4, 0.5) is 0 Å². The lowest BCUT2D eigenvalue weighted by atomic mass is 10.1. The van der Waals surface area contributed by atoms with Crippen molar-refractivity contribution < 1.29 is 0 Å². The molecule has 3 nitrogen and oxygen atoms in total. The van der Waals surface area contributed by atoms with Crippen LogP contribution in [0.25, 0.3) is 0 Å². The molecule has 60 valence electrons.